The molecule has 2 atom stereocenters. The van der Waals surface area contributed by atoms with Gasteiger partial charge in [-0.1, -0.05) is 44.5 Å². The van der Waals surface area contributed by atoms with Gasteiger partial charge >= 0.3 is 0 Å². The average molecular weight is 216 g/mol. The van der Waals surface area contributed by atoms with Crippen molar-refractivity contribution in [3.63, 3.8) is 0 Å². The predicted octanol–water partition coefficient (Wildman–Crippen LogP) is 3.87. The highest BCUT2D eigenvalue weighted by atomic mass is 16.1. The first-order chi connectivity index (χ1) is 7.74. The van der Waals surface area contributed by atoms with E-state index >= 15 is 0 Å². The van der Waals surface area contributed by atoms with Gasteiger partial charge in [0.05, 0.1) is 0 Å². The van der Waals surface area contributed by atoms with E-state index in [4.69, 9.17) is 0 Å². The van der Waals surface area contributed by atoms with Crippen molar-refractivity contribution >= 4 is 5.78 Å². The fourth-order valence-electron chi connectivity index (χ4n) is 2.65. The molecule has 0 saturated heterocycles. The van der Waals surface area contributed by atoms with Crippen LogP contribution in [-0.2, 0) is 6.42 Å². The molecule has 0 bridgehead atoms. The Morgan fingerprint density at radius 2 is 2.12 bits per heavy atom. The molecule has 1 aromatic carbocycles. The van der Waals surface area contributed by atoms with Gasteiger partial charge in [0.1, 0.15) is 0 Å². The van der Waals surface area contributed by atoms with Gasteiger partial charge in [0.25, 0.3) is 0 Å². The number of aryl methyl sites for hydroxylation is 1. The predicted molar refractivity (Wildman–Crippen MR) is 66.7 cm³/mol. The first-order valence-electron chi connectivity index (χ1n) is 6.36. The van der Waals surface area contributed by atoms with Crippen LogP contribution in [-0.4, -0.2) is 5.78 Å². The zero-order valence-corrected chi connectivity index (χ0v) is 10.2. The van der Waals surface area contributed by atoms with Crippen molar-refractivity contribution in [3.05, 3.63) is 35.4 Å². The molecule has 0 fully saturated rings. The van der Waals surface area contributed by atoms with E-state index in [1.165, 1.54) is 5.56 Å². The molecule has 1 heteroatoms. The Morgan fingerprint density at radius 1 is 1.38 bits per heavy atom. The van der Waals surface area contributed by atoms with Crippen molar-refractivity contribution in [3.8, 4) is 0 Å². The Morgan fingerprint density at radius 3 is 2.88 bits per heavy atom. The first kappa shape index (κ1) is 11.4. The molecule has 16 heavy (non-hydrogen) atoms. The van der Waals surface area contributed by atoms with E-state index < -0.39 is 0 Å². The lowest BCUT2D eigenvalue weighted by molar-refractivity contribution is 0.0870. The third-order valence-corrected chi connectivity index (χ3v) is 3.91. The van der Waals surface area contributed by atoms with Crippen LogP contribution in [0.1, 0.15) is 49.0 Å². The lowest BCUT2D eigenvalue weighted by atomic mass is 9.83. The van der Waals surface area contributed by atoms with Crippen molar-refractivity contribution in [2.45, 2.75) is 39.5 Å². The number of carbonyl (C=O) groups is 1. The number of carbonyl (C=O) groups excluding carboxylic acids is 1. The lowest BCUT2D eigenvalue weighted by Gasteiger charge is -2.19. The standard InChI is InChI=1S/C15H20O/c1-3-11(2)13-10-6-8-12-7-4-5-9-14(12)15(13)16/h4-5,7,9,11,13H,3,6,8,10H2,1-2H3. The van der Waals surface area contributed by atoms with Gasteiger partial charge in [-0.25, -0.2) is 0 Å². The van der Waals surface area contributed by atoms with Gasteiger partial charge in [-0.2, -0.15) is 0 Å². The molecule has 0 radical (unpaired) electrons. The monoisotopic (exact) mass is 216 g/mol. The van der Waals surface area contributed by atoms with Gasteiger partial charge in [0, 0.05) is 11.5 Å². The van der Waals surface area contributed by atoms with E-state index in [0.29, 0.717) is 11.7 Å². The van der Waals surface area contributed by atoms with Gasteiger partial charge in [0.15, 0.2) is 5.78 Å². The minimum absolute atomic E-state index is 0.244. The molecular formula is C15H20O. The van der Waals surface area contributed by atoms with Crippen molar-refractivity contribution in [2.24, 2.45) is 11.8 Å². The lowest BCUT2D eigenvalue weighted by Crippen LogP contribution is -2.21. The maximum Gasteiger partial charge on any atom is 0.166 e. The number of rotatable bonds is 2. The number of hydrogen-bond acceptors (Lipinski definition) is 1. The van der Waals surface area contributed by atoms with Crippen LogP contribution in [0.2, 0.25) is 0 Å². The zero-order chi connectivity index (χ0) is 11.5. The van der Waals surface area contributed by atoms with Crippen molar-refractivity contribution in [1.29, 1.82) is 0 Å². The maximum atomic E-state index is 12.4. The van der Waals surface area contributed by atoms with Crippen molar-refractivity contribution in [1.82, 2.24) is 0 Å². The molecule has 0 N–H and O–H groups in total. The van der Waals surface area contributed by atoms with Gasteiger partial charge in [-0.15, -0.1) is 0 Å². The highest BCUT2D eigenvalue weighted by molar-refractivity contribution is 5.99. The third kappa shape index (κ3) is 2.04. The summed E-state index contributed by atoms with van der Waals surface area (Å²) in [5.74, 6) is 1.13. The molecule has 1 aromatic rings. The molecule has 0 aromatic heterocycles. The van der Waals surface area contributed by atoms with Crippen molar-refractivity contribution in [2.75, 3.05) is 0 Å². The van der Waals surface area contributed by atoms with Crippen LogP contribution in [0.25, 0.3) is 0 Å². The van der Waals surface area contributed by atoms with Crippen LogP contribution in [0.15, 0.2) is 24.3 Å². The second-order valence-electron chi connectivity index (χ2n) is 4.91. The number of Topliss-reactive ketones (excluding diaryl/α,β-unsaturated/α-hetero) is 1. The SMILES string of the molecule is CCC(C)C1CCCc2ccccc2C1=O. The van der Waals surface area contributed by atoms with Crippen LogP contribution in [0.3, 0.4) is 0 Å². The van der Waals surface area contributed by atoms with Gasteiger partial charge in [-0.3, -0.25) is 4.79 Å². The third-order valence-electron chi connectivity index (χ3n) is 3.91. The Bertz CT molecular complexity index is 381. The summed E-state index contributed by atoms with van der Waals surface area (Å²) in [6.07, 6.45) is 4.37. The van der Waals surface area contributed by atoms with E-state index in [1.807, 2.05) is 18.2 Å². The van der Waals surface area contributed by atoms with Crippen LogP contribution < -0.4 is 0 Å². The molecule has 1 aliphatic carbocycles. The number of hydrogen-bond donors (Lipinski definition) is 0. The summed E-state index contributed by atoms with van der Waals surface area (Å²) in [4.78, 5) is 12.4. The molecule has 0 aliphatic heterocycles. The van der Waals surface area contributed by atoms with E-state index in [9.17, 15) is 4.79 Å². The second-order valence-corrected chi connectivity index (χ2v) is 4.91. The Kier molecular flexibility index (Phi) is 3.42. The summed E-state index contributed by atoms with van der Waals surface area (Å²) >= 11 is 0. The van der Waals surface area contributed by atoms with Crippen LogP contribution in [0, 0.1) is 11.8 Å². The quantitative estimate of drug-likeness (QED) is 0.686. The largest absolute Gasteiger partial charge is 0.294 e. The number of benzene rings is 1. The van der Waals surface area contributed by atoms with Crippen LogP contribution in [0.4, 0.5) is 0 Å². The number of ketones is 1. The minimum Gasteiger partial charge on any atom is -0.294 e. The smallest absolute Gasteiger partial charge is 0.166 e. The maximum absolute atomic E-state index is 12.4. The van der Waals surface area contributed by atoms with Crippen LogP contribution >= 0.6 is 0 Å². The highest BCUT2D eigenvalue weighted by Gasteiger charge is 2.28. The average Bonchev–Trinajstić information content (AvgIpc) is 2.49. The molecule has 2 rings (SSSR count). The minimum atomic E-state index is 0.244. The molecule has 0 amide bonds. The molecule has 86 valence electrons. The molecule has 2 unspecified atom stereocenters. The van der Waals surface area contributed by atoms with E-state index in [-0.39, 0.29) is 5.92 Å². The normalized spacial score (nSPS) is 22.4. The Balaban J connectivity index is 2.33. The number of fused-ring (bicyclic) bond motifs is 1. The first-order valence-corrected chi connectivity index (χ1v) is 6.36. The Hall–Kier alpha value is -1.11. The fourth-order valence-corrected chi connectivity index (χ4v) is 2.65. The second kappa shape index (κ2) is 4.82. The van der Waals surface area contributed by atoms with E-state index in [2.05, 4.69) is 19.9 Å². The summed E-state index contributed by atoms with van der Waals surface area (Å²) in [7, 11) is 0. The van der Waals surface area contributed by atoms with Gasteiger partial charge in [0.2, 0.25) is 0 Å². The summed E-state index contributed by atoms with van der Waals surface area (Å²) in [6.45, 7) is 4.38. The molecule has 0 heterocycles. The summed E-state index contributed by atoms with van der Waals surface area (Å²) in [5, 5.41) is 0. The molecule has 1 aliphatic rings. The molecular weight excluding hydrogens is 196 g/mol. The summed E-state index contributed by atoms with van der Waals surface area (Å²) < 4.78 is 0. The van der Waals surface area contributed by atoms with Crippen LogP contribution in [0.5, 0.6) is 0 Å². The van der Waals surface area contributed by atoms with Gasteiger partial charge in [-0.05, 0) is 30.7 Å². The van der Waals surface area contributed by atoms with E-state index in [0.717, 1.165) is 31.2 Å². The van der Waals surface area contributed by atoms with E-state index in [1.54, 1.807) is 0 Å². The van der Waals surface area contributed by atoms with Gasteiger partial charge < -0.3 is 0 Å². The summed E-state index contributed by atoms with van der Waals surface area (Å²) in [5.41, 5.74) is 2.23. The zero-order valence-electron chi connectivity index (χ0n) is 10.2. The fraction of sp³-hybridized carbons (Fsp3) is 0.533. The molecule has 1 nitrogen and oxygen atoms in total. The highest BCUT2D eigenvalue weighted by Crippen LogP contribution is 2.30. The molecule has 0 spiro atoms. The van der Waals surface area contributed by atoms with Crippen molar-refractivity contribution < 1.29 is 4.79 Å². The topological polar surface area (TPSA) is 17.1 Å². The molecule has 0 saturated carbocycles. The summed E-state index contributed by atoms with van der Waals surface area (Å²) in [6, 6.07) is 8.12. The Labute approximate surface area is 97.9 Å².